The van der Waals surface area contributed by atoms with Crippen molar-refractivity contribution in [1.29, 1.82) is 0 Å². The maximum atomic E-state index is 11.6. The maximum Gasteiger partial charge on any atom is 0.331 e. The summed E-state index contributed by atoms with van der Waals surface area (Å²) in [6.07, 6.45) is 1.86. The first-order chi connectivity index (χ1) is 7.71. The molecule has 0 saturated carbocycles. The SMILES string of the molecule is CSCC(C)(O)CNC(=O)C(C)=C(C)C(=O)O. The monoisotopic (exact) mass is 261 g/mol. The molecular weight excluding hydrogens is 242 g/mol. The first-order valence-corrected chi connectivity index (χ1v) is 6.51. The summed E-state index contributed by atoms with van der Waals surface area (Å²) in [5, 5.41) is 21.1. The third-order valence-corrected chi connectivity index (χ3v) is 3.22. The lowest BCUT2D eigenvalue weighted by Crippen LogP contribution is -2.42. The summed E-state index contributed by atoms with van der Waals surface area (Å²) < 4.78 is 0. The molecule has 0 spiro atoms. The summed E-state index contributed by atoms with van der Waals surface area (Å²) in [6.45, 7) is 4.53. The lowest BCUT2D eigenvalue weighted by atomic mass is 10.1. The second kappa shape index (κ2) is 6.66. The van der Waals surface area contributed by atoms with E-state index in [1.165, 1.54) is 25.6 Å². The fourth-order valence-corrected chi connectivity index (χ4v) is 1.82. The maximum absolute atomic E-state index is 11.6. The molecule has 0 aliphatic heterocycles. The Morgan fingerprint density at radius 1 is 1.29 bits per heavy atom. The van der Waals surface area contributed by atoms with Crippen LogP contribution in [0.4, 0.5) is 0 Å². The van der Waals surface area contributed by atoms with Crippen LogP contribution in [0.2, 0.25) is 0 Å². The van der Waals surface area contributed by atoms with Crippen LogP contribution in [0.1, 0.15) is 20.8 Å². The number of nitrogens with one attached hydrogen (secondary N) is 1. The van der Waals surface area contributed by atoms with Gasteiger partial charge in [-0.2, -0.15) is 11.8 Å². The smallest absolute Gasteiger partial charge is 0.331 e. The highest BCUT2D eigenvalue weighted by Crippen LogP contribution is 2.10. The summed E-state index contributed by atoms with van der Waals surface area (Å²) >= 11 is 1.47. The van der Waals surface area contributed by atoms with Gasteiger partial charge in [0.05, 0.1) is 5.60 Å². The highest BCUT2D eigenvalue weighted by Gasteiger charge is 2.21. The molecule has 0 aliphatic carbocycles. The number of carboxylic acid groups (broad SMARTS) is 1. The summed E-state index contributed by atoms with van der Waals surface area (Å²) in [5.74, 6) is -1.09. The lowest BCUT2D eigenvalue weighted by molar-refractivity contribution is -0.133. The van der Waals surface area contributed by atoms with Gasteiger partial charge in [0.2, 0.25) is 5.91 Å². The van der Waals surface area contributed by atoms with Crippen LogP contribution in [0.15, 0.2) is 11.1 Å². The number of aliphatic carboxylic acids is 1. The molecular formula is C11H19NO4S. The molecule has 0 fully saturated rings. The molecule has 5 nitrogen and oxygen atoms in total. The van der Waals surface area contributed by atoms with Gasteiger partial charge in [0, 0.05) is 23.4 Å². The van der Waals surface area contributed by atoms with Gasteiger partial charge >= 0.3 is 5.97 Å². The molecule has 0 saturated heterocycles. The van der Waals surface area contributed by atoms with Gasteiger partial charge in [0.25, 0.3) is 0 Å². The molecule has 0 heterocycles. The standard InChI is InChI=1S/C11H19NO4S/c1-7(8(2)10(14)15)9(13)12-5-11(3,16)6-17-4/h16H,5-6H2,1-4H3,(H,12,13)(H,14,15). The fraction of sp³-hybridized carbons (Fsp3) is 0.636. The fourth-order valence-electron chi connectivity index (χ4n) is 1.10. The Hall–Kier alpha value is -1.01. The van der Waals surface area contributed by atoms with Crippen LogP contribution in [0, 0.1) is 0 Å². The van der Waals surface area contributed by atoms with Crippen LogP contribution in [0.3, 0.4) is 0 Å². The van der Waals surface area contributed by atoms with Gasteiger partial charge in [-0.1, -0.05) is 0 Å². The van der Waals surface area contributed by atoms with E-state index in [2.05, 4.69) is 5.32 Å². The molecule has 3 N–H and O–H groups in total. The summed E-state index contributed by atoms with van der Waals surface area (Å²) in [5.41, 5.74) is -0.837. The van der Waals surface area contributed by atoms with Crippen LogP contribution in [-0.2, 0) is 9.59 Å². The van der Waals surface area contributed by atoms with E-state index in [1.54, 1.807) is 6.92 Å². The molecule has 98 valence electrons. The Morgan fingerprint density at radius 3 is 2.24 bits per heavy atom. The second-order valence-corrected chi connectivity index (χ2v) is 5.03. The van der Waals surface area contributed by atoms with Gasteiger partial charge in [0.15, 0.2) is 0 Å². The van der Waals surface area contributed by atoms with E-state index in [9.17, 15) is 14.7 Å². The van der Waals surface area contributed by atoms with Crippen molar-refractivity contribution < 1.29 is 19.8 Å². The summed E-state index contributed by atoms with van der Waals surface area (Å²) in [6, 6.07) is 0. The van der Waals surface area contributed by atoms with Crippen molar-refractivity contribution in [3.05, 3.63) is 11.1 Å². The van der Waals surface area contributed by atoms with Crippen molar-refractivity contribution in [1.82, 2.24) is 5.32 Å². The van der Waals surface area contributed by atoms with Crippen LogP contribution < -0.4 is 5.32 Å². The molecule has 17 heavy (non-hydrogen) atoms. The minimum absolute atomic E-state index is 0.00649. The Morgan fingerprint density at radius 2 is 1.82 bits per heavy atom. The molecule has 1 atom stereocenters. The van der Waals surface area contributed by atoms with Crippen LogP contribution >= 0.6 is 11.8 Å². The second-order valence-electron chi connectivity index (χ2n) is 4.17. The third kappa shape index (κ3) is 5.74. The Bertz CT molecular complexity index is 336. The number of carboxylic acids is 1. The molecule has 6 heteroatoms. The molecule has 0 bridgehead atoms. The zero-order valence-corrected chi connectivity index (χ0v) is 11.3. The van der Waals surface area contributed by atoms with E-state index in [0.717, 1.165) is 0 Å². The number of thioether (sulfide) groups is 1. The average molecular weight is 261 g/mol. The van der Waals surface area contributed by atoms with E-state index in [-0.39, 0.29) is 17.7 Å². The predicted molar refractivity (Wildman–Crippen MR) is 68.0 cm³/mol. The number of hydrogen-bond acceptors (Lipinski definition) is 4. The van der Waals surface area contributed by atoms with Crippen LogP contribution in [0.5, 0.6) is 0 Å². The van der Waals surface area contributed by atoms with Crippen molar-refractivity contribution in [3.63, 3.8) is 0 Å². The van der Waals surface area contributed by atoms with Crippen molar-refractivity contribution in [2.45, 2.75) is 26.4 Å². The van der Waals surface area contributed by atoms with Gasteiger partial charge in [-0.3, -0.25) is 4.79 Å². The largest absolute Gasteiger partial charge is 0.478 e. The zero-order chi connectivity index (χ0) is 13.6. The molecule has 0 aromatic heterocycles. The van der Waals surface area contributed by atoms with E-state index >= 15 is 0 Å². The Kier molecular flexibility index (Phi) is 6.26. The minimum Gasteiger partial charge on any atom is -0.478 e. The van der Waals surface area contributed by atoms with Gasteiger partial charge < -0.3 is 15.5 Å². The number of carbonyl (C=O) groups excluding carboxylic acids is 1. The number of aliphatic hydroxyl groups is 1. The van der Waals surface area contributed by atoms with E-state index in [0.29, 0.717) is 5.75 Å². The van der Waals surface area contributed by atoms with Crippen LogP contribution in [-0.4, -0.2) is 46.2 Å². The Labute approximate surface area is 105 Å². The lowest BCUT2D eigenvalue weighted by Gasteiger charge is -2.22. The minimum atomic E-state index is -1.12. The molecule has 1 unspecified atom stereocenters. The number of rotatable bonds is 6. The van der Waals surface area contributed by atoms with Crippen molar-refractivity contribution in [2.75, 3.05) is 18.6 Å². The Balaban J connectivity index is 4.48. The van der Waals surface area contributed by atoms with Crippen molar-refractivity contribution in [3.8, 4) is 0 Å². The normalized spacial score (nSPS) is 15.8. The highest BCUT2D eigenvalue weighted by atomic mass is 32.2. The predicted octanol–water partition coefficient (Wildman–Crippen LogP) is 0.638. The summed E-state index contributed by atoms with van der Waals surface area (Å²) in [7, 11) is 0. The molecule has 0 radical (unpaired) electrons. The zero-order valence-electron chi connectivity index (χ0n) is 10.5. The molecule has 0 aromatic rings. The van der Waals surface area contributed by atoms with Crippen molar-refractivity contribution >= 4 is 23.6 Å². The molecule has 0 aromatic carbocycles. The first kappa shape index (κ1) is 16.0. The number of hydrogen-bond donors (Lipinski definition) is 3. The average Bonchev–Trinajstić information content (AvgIpc) is 2.23. The van der Waals surface area contributed by atoms with E-state index < -0.39 is 17.5 Å². The quantitative estimate of drug-likeness (QED) is 0.611. The third-order valence-electron chi connectivity index (χ3n) is 2.31. The topological polar surface area (TPSA) is 86.6 Å². The molecule has 0 aliphatic rings. The van der Waals surface area contributed by atoms with Crippen LogP contribution in [0.25, 0.3) is 0 Å². The molecule has 1 amide bonds. The van der Waals surface area contributed by atoms with Crippen molar-refractivity contribution in [2.24, 2.45) is 0 Å². The molecule has 0 rings (SSSR count). The first-order valence-electron chi connectivity index (χ1n) is 5.11. The number of amides is 1. The van der Waals surface area contributed by atoms with Gasteiger partial charge in [-0.05, 0) is 27.0 Å². The van der Waals surface area contributed by atoms with Gasteiger partial charge in [-0.25, -0.2) is 4.79 Å². The summed E-state index contributed by atoms with van der Waals surface area (Å²) in [4.78, 5) is 22.2. The van der Waals surface area contributed by atoms with E-state index in [4.69, 9.17) is 5.11 Å². The van der Waals surface area contributed by atoms with E-state index in [1.807, 2.05) is 6.26 Å². The van der Waals surface area contributed by atoms with Gasteiger partial charge in [-0.15, -0.1) is 0 Å². The highest BCUT2D eigenvalue weighted by molar-refractivity contribution is 7.98. The van der Waals surface area contributed by atoms with Gasteiger partial charge in [0.1, 0.15) is 0 Å². The number of carbonyl (C=O) groups is 2.